The molecule has 2 saturated heterocycles. The summed E-state index contributed by atoms with van der Waals surface area (Å²) in [5, 5.41) is 4.38. The molecule has 0 aliphatic carbocycles. The maximum absolute atomic E-state index is 6.16. The van der Waals surface area contributed by atoms with Crippen LogP contribution in [0, 0.1) is 0 Å². The first-order valence-corrected chi connectivity index (χ1v) is 9.43. The maximum atomic E-state index is 6.16. The van der Waals surface area contributed by atoms with E-state index in [1.54, 1.807) is 0 Å². The highest BCUT2D eigenvalue weighted by Crippen LogP contribution is 2.38. The molecule has 2 heterocycles. The Labute approximate surface area is 138 Å². The fourth-order valence-electron chi connectivity index (χ4n) is 3.06. The Bertz CT molecular complexity index is 473. The smallest absolute Gasteiger partial charge is 0.0717 e. The van der Waals surface area contributed by atoms with Crippen LogP contribution in [0.4, 0.5) is 5.69 Å². The van der Waals surface area contributed by atoms with Crippen LogP contribution >= 0.6 is 39.3 Å². The van der Waals surface area contributed by atoms with Gasteiger partial charge in [-0.25, -0.2) is 0 Å². The minimum Gasteiger partial charge on any atom is -0.382 e. The van der Waals surface area contributed by atoms with Gasteiger partial charge in [-0.1, -0.05) is 11.6 Å². The molecule has 0 saturated carbocycles. The van der Waals surface area contributed by atoms with Crippen molar-refractivity contribution in [1.29, 1.82) is 0 Å². The predicted molar refractivity (Wildman–Crippen MR) is 91.0 cm³/mol. The van der Waals surface area contributed by atoms with Crippen molar-refractivity contribution in [3.8, 4) is 0 Å². The van der Waals surface area contributed by atoms with E-state index in [0.29, 0.717) is 6.04 Å². The van der Waals surface area contributed by atoms with Gasteiger partial charge < -0.3 is 10.1 Å². The van der Waals surface area contributed by atoms with Gasteiger partial charge in [0.05, 0.1) is 10.6 Å². The third kappa shape index (κ3) is 3.46. The Morgan fingerprint density at radius 2 is 2.15 bits per heavy atom. The normalized spacial score (nSPS) is 25.6. The lowest BCUT2D eigenvalue weighted by atomic mass is 9.85. The first kappa shape index (κ1) is 15.0. The Hall–Kier alpha value is 0.1000. The molecule has 1 aromatic rings. The molecule has 0 aromatic heterocycles. The van der Waals surface area contributed by atoms with Gasteiger partial charge in [0, 0.05) is 22.8 Å². The molecule has 0 bridgehead atoms. The maximum Gasteiger partial charge on any atom is 0.0717 e. The molecule has 1 unspecified atom stereocenters. The van der Waals surface area contributed by atoms with Crippen LogP contribution < -0.4 is 5.32 Å². The lowest BCUT2D eigenvalue weighted by Crippen LogP contribution is -2.46. The predicted octanol–water partition coefficient (Wildman–Crippen LogP) is 4.96. The van der Waals surface area contributed by atoms with Crippen molar-refractivity contribution in [2.45, 2.75) is 37.3 Å². The Kier molecular flexibility index (Phi) is 4.86. The number of halogens is 2. The van der Waals surface area contributed by atoms with E-state index in [2.05, 4.69) is 27.3 Å². The molecule has 110 valence electrons. The van der Waals surface area contributed by atoms with Gasteiger partial charge in [-0.15, -0.1) is 0 Å². The average Bonchev–Trinajstić information content (AvgIpc) is 2.44. The van der Waals surface area contributed by atoms with Crippen LogP contribution in [0.2, 0.25) is 5.02 Å². The monoisotopic (exact) mass is 375 g/mol. The molecule has 1 atom stereocenters. The second kappa shape index (κ2) is 6.47. The number of ether oxygens (including phenoxy) is 1. The molecular formula is C15H19BrClNOS. The molecule has 0 radical (unpaired) electrons. The van der Waals surface area contributed by atoms with Gasteiger partial charge in [0.2, 0.25) is 0 Å². The Balaban J connectivity index is 1.66. The van der Waals surface area contributed by atoms with Crippen molar-refractivity contribution in [1.82, 2.24) is 0 Å². The van der Waals surface area contributed by atoms with Crippen molar-refractivity contribution in [3.05, 3.63) is 27.7 Å². The van der Waals surface area contributed by atoms with Gasteiger partial charge >= 0.3 is 0 Å². The minimum absolute atomic E-state index is 0.125. The third-order valence-corrected chi connectivity index (χ3v) is 6.41. The highest BCUT2D eigenvalue weighted by molar-refractivity contribution is 9.10. The molecule has 2 aliphatic heterocycles. The van der Waals surface area contributed by atoms with Crippen LogP contribution in [0.1, 0.15) is 25.7 Å². The van der Waals surface area contributed by atoms with Gasteiger partial charge in [0.15, 0.2) is 0 Å². The molecule has 2 aliphatic rings. The summed E-state index contributed by atoms with van der Waals surface area (Å²) in [6, 6.07) is 6.56. The van der Waals surface area contributed by atoms with Crippen molar-refractivity contribution in [3.63, 3.8) is 0 Å². The second-order valence-electron chi connectivity index (χ2n) is 5.61. The quantitative estimate of drug-likeness (QED) is 0.788. The summed E-state index contributed by atoms with van der Waals surface area (Å²) in [5.41, 5.74) is 1.23. The van der Waals surface area contributed by atoms with Crippen LogP contribution in [0.15, 0.2) is 22.7 Å². The van der Waals surface area contributed by atoms with Crippen molar-refractivity contribution in [2.75, 3.05) is 23.4 Å². The molecular weight excluding hydrogens is 358 g/mol. The van der Waals surface area contributed by atoms with E-state index in [1.807, 2.05) is 23.9 Å². The Morgan fingerprint density at radius 1 is 1.35 bits per heavy atom. The fraction of sp³-hybridized carbons (Fsp3) is 0.600. The average molecular weight is 377 g/mol. The first-order valence-electron chi connectivity index (χ1n) is 7.10. The van der Waals surface area contributed by atoms with E-state index in [4.69, 9.17) is 16.3 Å². The number of anilines is 1. The van der Waals surface area contributed by atoms with Crippen LogP contribution in [-0.4, -0.2) is 29.8 Å². The van der Waals surface area contributed by atoms with E-state index in [1.165, 1.54) is 24.3 Å². The molecule has 2 fully saturated rings. The molecule has 3 rings (SSSR count). The lowest BCUT2D eigenvalue weighted by molar-refractivity contribution is -0.0865. The van der Waals surface area contributed by atoms with Crippen molar-refractivity contribution < 1.29 is 4.74 Å². The Morgan fingerprint density at radius 3 is 2.90 bits per heavy atom. The summed E-state index contributed by atoms with van der Waals surface area (Å²) >= 11 is 11.6. The highest BCUT2D eigenvalue weighted by Gasteiger charge is 2.38. The summed E-state index contributed by atoms with van der Waals surface area (Å²) < 4.78 is 7.07. The highest BCUT2D eigenvalue weighted by atomic mass is 79.9. The zero-order valence-electron chi connectivity index (χ0n) is 11.3. The summed E-state index contributed by atoms with van der Waals surface area (Å²) in [7, 11) is 0. The molecule has 20 heavy (non-hydrogen) atoms. The van der Waals surface area contributed by atoms with Crippen LogP contribution in [-0.2, 0) is 4.74 Å². The van der Waals surface area contributed by atoms with Gasteiger partial charge in [0.1, 0.15) is 0 Å². The summed E-state index contributed by atoms with van der Waals surface area (Å²) in [4.78, 5) is 0. The first-order chi connectivity index (χ1) is 9.67. The van der Waals surface area contributed by atoms with E-state index in [-0.39, 0.29) is 5.60 Å². The third-order valence-electron chi connectivity index (χ3n) is 4.19. The molecule has 1 N–H and O–H groups in total. The molecule has 5 heteroatoms. The van der Waals surface area contributed by atoms with Crippen LogP contribution in [0.3, 0.4) is 0 Å². The van der Waals surface area contributed by atoms with Gasteiger partial charge in [-0.2, -0.15) is 11.8 Å². The molecule has 2 nitrogen and oxygen atoms in total. The lowest BCUT2D eigenvalue weighted by Gasteiger charge is -2.43. The standard InChI is InChI=1S/C15H19BrClNOS/c16-13-2-1-11(9-14(13)17)18-12-3-6-19-15(10-12)4-7-20-8-5-15/h1-2,9,12,18H,3-8,10H2. The largest absolute Gasteiger partial charge is 0.382 e. The van der Waals surface area contributed by atoms with E-state index >= 15 is 0 Å². The number of hydrogen-bond acceptors (Lipinski definition) is 3. The minimum atomic E-state index is 0.125. The van der Waals surface area contributed by atoms with E-state index in [0.717, 1.165) is 34.6 Å². The summed E-state index contributed by atoms with van der Waals surface area (Å²) in [5.74, 6) is 2.47. The number of benzene rings is 1. The molecule has 0 amide bonds. The number of rotatable bonds is 2. The molecule has 1 aromatic carbocycles. The summed E-state index contributed by atoms with van der Waals surface area (Å²) in [6.07, 6.45) is 4.57. The van der Waals surface area contributed by atoms with Crippen molar-refractivity contribution >= 4 is 45.0 Å². The van der Waals surface area contributed by atoms with Gasteiger partial charge in [0.25, 0.3) is 0 Å². The summed E-state index contributed by atoms with van der Waals surface area (Å²) in [6.45, 7) is 0.868. The zero-order valence-corrected chi connectivity index (χ0v) is 14.5. The van der Waals surface area contributed by atoms with Crippen LogP contribution in [0.5, 0.6) is 0 Å². The SMILES string of the molecule is Clc1cc(NC2CCOC3(CCSCC3)C2)ccc1Br. The van der Waals surface area contributed by atoms with Crippen molar-refractivity contribution in [2.24, 2.45) is 0 Å². The van der Waals surface area contributed by atoms with Gasteiger partial charge in [-0.3, -0.25) is 0 Å². The molecule has 1 spiro atoms. The topological polar surface area (TPSA) is 21.3 Å². The zero-order chi connectivity index (χ0) is 14.0. The van der Waals surface area contributed by atoms with E-state index in [9.17, 15) is 0 Å². The number of nitrogens with one attached hydrogen (secondary N) is 1. The van der Waals surface area contributed by atoms with Gasteiger partial charge in [-0.05, 0) is 71.3 Å². The number of thioether (sulfide) groups is 1. The number of hydrogen-bond donors (Lipinski definition) is 1. The van der Waals surface area contributed by atoms with E-state index < -0.39 is 0 Å². The van der Waals surface area contributed by atoms with Crippen LogP contribution in [0.25, 0.3) is 0 Å². The fourth-order valence-corrected chi connectivity index (χ4v) is 4.73. The second-order valence-corrected chi connectivity index (χ2v) is 8.09.